The minimum Gasteiger partial charge on any atom is -0.373 e. The van der Waals surface area contributed by atoms with Gasteiger partial charge in [-0.25, -0.2) is 9.97 Å². The first-order valence-electron chi connectivity index (χ1n) is 5.93. The van der Waals surface area contributed by atoms with Gasteiger partial charge >= 0.3 is 0 Å². The number of hydrogen-bond donors (Lipinski definition) is 0. The van der Waals surface area contributed by atoms with Crippen molar-refractivity contribution < 1.29 is 4.74 Å². The van der Waals surface area contributed by atoms with Crippen molar-refractivity contribution in [2.24, 2.45) is 0 Å². The zero-order valence-electron chi connectivity index (χ0n) is 10.0. The Morgan fingerprint density at radius 1 is 1.47 bits per heavy atom. The summed E-state index contributed by atoms with van der Waals surface area (Å²) in [4.78, 5) is 9.01. The molecule has 1 aromatic rings. The van der Waals surface area contributed by atoms with Crippen molar-refractivity contribution in [1.29, 1.82) is 0 Å². The van der Waals surface area contributed by atoms with Crippen molar-refractivity contribution in [3.63, 3.8) is 0 Å². The molecule has 1 aromatic heterocycles. The second-order valence-corrected chi connectivity index (χ2v) is 5.80. The van der Waals surface area contributed by atoms with Crippen LogP contribution in [-0.4, -0.2) is 17.1 Å². The van der Waals surface area contributed by atoms with Gasteiger partial charge in [0.2, 0.25) is 0 Å². The van der Waals surface area contributed by atoms with Gasteiger partial charge in [-0.2, -0.15) is 0 Å². The summed E-state index contributed by atoms with van der Waals surface area (Å²) in [7, 11) is 1.70. The van der Waals surface area contributed by atoms with Crippen LogP contribution in [0.25, 0.3) is 0 Å². The van der Waals surface area contributed by atoms with Crippen LogP contribution in [0.3, 0.4) is 0 Å². The third-order valence-corrected chi connectivity index (χ3v) is 4.60. The summed E-state index contributed by atoms with van der Waals surface area (Å²) in [5, 5.41) is 0.565. The lowest BCUT2D eigenvalue weighted by molar-refractivity contribution is 0.0873. The minimum absolute atomic E-state index is 0.0352. The third kappa shape index (κ3) is 3.09. The van der Waals surface area contributed by atoms with Gasteiger partial charge in [-0.05, 0) is 41.9 Å². The molecule has 17 heavy (non-hydrogen) atoms. The molecule has 1 atom stereocenters. The van der Waals surface area contributed by atoms with Crippen LogP contribution in [0, 0.1) is 3.57 Å². The van der Waals surface area contributed by atoms with E-state index in [1.165, 1.54) is 12.8 Å². The molecule has 1 aliphatic rings. The summed E-state index contributed by atoms with van der Waals surface area (Å²) in [6.45, 7) is 2.13. The third-order valence-electron chi connectivity index (χ3n) is 2.94. The molecule has 0 aromatic carbocycles. The zero-order valence-corrected chi connectivity index (χ0v) is 13.0. The van der Waals surface area contributed by atoms with Gasteiger partial charge in [-0.15, -0.1) is 0 Å². The molecule has 94 valence electrons. The van der Waals surface area contributed by atoms with Crippen LogP contribution in [0.2, 0.25) is 5.15 Å². The van der Waals surface area contributed by atoms with E-state index in [-0.39, 0.29) is 6.10 Å². The Kier molecular flexibility index (Phi) is 4.60. The van der Waals surface area contributed by atoms with E-state index in [1.807, 2.05) is 0 Å². The molecule has 3 nitrogen and oxygen atoms in total. The Balaban J connectivity index is 2.33. The van der Waals surface area contributed by atoms with Gasteiger partial charge in [-0.1, -0.05) is 24.9 Å². The number of aromatic nitrogens is 2. The highest BCUT2D eigenvalue weighted by molar-refractivity contribution is 14.1. The molecule has 1 aliphatic carbocycles. The van der Waals surface area contributed by atoms with Gasteiger partial charge in [0.05, 0.1) is 9.26 Å². The molecule has 0 spiro atoms. The van der Waals surface area contributed by atoms with E-state index in [0.29, 0.717) is 11.1 Å². The second kappa shape index (κ2) is 5.80. The fourth-order valence-corrected chi connectivity index (χ4v) is 2.70. The van der Waals surface area contributed by atoms with Crippen molar-refractivity contribution in [1.82, 2.24) is 9.97 Å². The fraction of sp³-hybridized carbons (Fsp3) is 0.667. The Morgan fingerprint density at radius 3 is 2.71 bits per heavy atom. The lowest BCUT2D eigenvalue weighted by Gasteiger charge is -2.15. The molecule has 1 heterocycles. The van der Waals surface area contributed by atoms with E-state index >= 15 is 0 Å². The summed E-state index contributed by atoms with van der Waals surface area (Å²) in [6, 6.07) is 0. The number of ether oxygens (including phenoxy) is 1. The molecular formula is C12H16ClIN2O. The van der Waals surface area contributed by atoms with Crippen molar-refractivity contribution in [3.8, 4) is 0 Å². The molecule has 1 unspecified atom stereocenters. The summed E-state index contributed by atoms with van der Waals surface area (Å²) in [5.74, 6) is 1.32. The van der Waals surface area contributed by atoms with Crippen LogP contribution in [-0.2, 0) is 4.74 Å². The average molecular weight is 367 g/mol. The Labute approximate surface area is 120 Å². The average Bonchev–Trinajstić information content (AvgIpc) is 3.13. The van der Waals surface area contributed by atoms with Gasteiger partial charge in [0.25, 0.3) is 0 Å². The van der Waals surface area contributed by atoms with Crippen molar-refractivity contribution in [3.05, 3.63) is 20.2 Å². The number of hydrogen-bond acceptors (Lipinski definition) is 3. The Morgan fingerprint density at radius 2 is 2.18 bits per heavy atom. The van der Waals surface area contributed by atoms with E-state index in [1.54, 1.807) is 7.11 Å². The van der Waals surface area contributed by atoms with Crippen molar-refractivity contribution >= 4 is 34.2 Å². The number of methoxy groups -OCH3 is 1. The molecule has 0 radical (unpaired) electrons. The second-order valence-electron chi connectivity index (χ2n) is 4.36. The Bertz CT molecular complexity index is 410. The van der Waals surface area contributed by atoms with Gasteiger partial charge < -0.3 is 4.74 Å². The Hall–Kier alpha value is 0.0600. The van der Waals surface area contributed by atoms with Gasteiger partial charge in [-0.3, -0.25) is 0 Å². The fourth-order valence-electron chi connectivity index (χ4n) is 1.84. The van der Waals surface area contributed by atoms with E-state index in [2.05, 4.69) is 39.5 Å². The quantitative estimate of drug-likeness (QED) is 0.581. The zero-order chi connectivity index (χ0) is 12.4. The lowest BCUT2D eigenvalue weighted by Crippen LogP contribution is -2.10. The monoisotopic (exact) mass is 366 g/mol. The van der Waals surface area contributed by atoms with Crippen LogP contribution < -0.4 is 0 Å². The predicted octanol–water partition coefficient (Wildman–Crippen LogP) is 4.10. The lowest BCUT2D eigenvalue weighted by atomic mass is 10.2. The van der Waals surface area contributed by atoms with Crippen LogP contribution in [0.5, 0.6) is 0 Å². The molecule has 0 bridgehead atoms. The van der Waals surface area contributed by atoms with Crippen molar-refractivity contribution in [2.45, 2.75) is 44.6 Å². The maximum Gasteiger partial charge on any atom is 0.159 e. The molecule has 0 N–H and O–H groups in total. The number of rotatable bonds is 5. The maximum atomic E-state index is 6.18. The first-order chi connectivity index (χ1) is 8.17. The van der Waals surface area contributed by atoms with Crippen LogP contribution >= 0.6 is 34.2 Å². The molecule has 0 aliphatic heterocycles. The standard InChI is InChI=1S/C12H16ClIN2O/c1-3-4-8(17-2)12-15-10(7-5-6-7)9(14)11(13)16-12/h7-8H,3-6H2,1-2H3. The predicted molar refractivity (Wildman–Crippen MR) is 76.4 cm³/mol. The molecule has 5 heteroatoms. The summed E-state index contributed by atoms with van der Waals surface area (Å²) < 4.78 is 6.44. The van der Waals surface area contributed by atoms with Crippen LogP contribution in [0.1, 0.15) is 56.1 Å². The van der Waals surface area contributed by atoms with E-state index in [0.717, 1.165) is 27.9 Å². The van der Waals surface area contributed by atoms with Crippen LogP contribution in [0.15, 0.2) is 0 Å². The van der Waals surface area contributed by atoms with Gasteiger partial charge in [0.15, 0.2) is 5.82 Å². The molecule has 1 fully saturated rings. The van der Waals surface area contributed by atoms with Gasteiger partial charge in [0.1, 0.15) is 11.3 Å². The topological polar surface area (TPSA) is 35.0 Å². The molecule has 0 amide bonds. The molecule has 0 saturated heterocycles. The normalized spacial score (nSPS) is 17.2. The SMILES string of the molecule is CCCC(OC)c1nc(Cl)c(I)c(C2CC2)n1. The smallest absolute Gasteiger partial charge is 0.159 e. The largest absolute Gasteiger partial charge is 0.373 e. The number of halogens is 2. The van der Waals surface area contributed by atoms with E-state index < -0.39 is 0 Å². The maximum absolute atomic E-state index is 6.18. The summed E-state index contributed by atoms with van der Waals surface area (Å²) in [6.07, 6.45) is 4.37. The first-order valence-corrected chi connectivity index (χ1v) is 7.38. The van der Waals surface area contributed by atoms with Crippen LogP contribution in [0.4, 0.5) is 0 Å². The minimum atomic E-state index is -0.0352. The molecular weight excluding hydrogens is 351 g/mol. The summed E-state index contributed by atoms with van der Waals surface area (Å²) in [5.41, 5.74) is 1.11. The highest BCUT2D eigenvalue weighted by Gasteiger charge is 2.30. The highest BCUT2D eigenvalue weighted by Crippen LogP contribution is 2.42. The van der Waals surface area contributed by atoms with E-state index in [4.69, 9.17) is 16.3 Å². The highest BCUT2D eigenvalue weighted by atomic mass is 127. The number of nitrogens with zero attached hydrogens (tertiary/aromatic N) is 2. The van der Waals surface area contributed by atoms with E-state index in [9.17, 15) is 0 Å². The molecule has 1 saturated carbocycles. The summed E-state index contributed by atoms with van der Waals surface area (Å²) >= 11 is 8.41. The van der Waals surface area contributed by atoms with Gasteiger partial charge in [0, 0.05) is 13.0 Å². The first kappa shape index (κ1) is 13.5. The van der Waals surface area contributed by atoms with Crippen molar-refractivity contribution in [2.75, 3.05) is 7.11 Å². The molecule has 2 rings (SSSR count).